The molecule has 1 amide bonds. The number of hydrogen-bond acceptors (Lipinski definition) is 6. The Bertz CT molecular complexity index is 896. The standard InChI is InChI=1S/C19H23N3O5S/c1-19(13-20,15-6-7-15)21-17(23)12-27-18(24)14-4-8-16(9-5-14)28(25,26)22-10-2-3-11-22/h4-5,8-9,15H,2-3,6-7,10-12H2,1H3,(H,21,23)/t19-/m0/s1. The van der Waals surface area contributed by atoms with Crippen LogP contribution in [0.5, 0.6) is 0 Å². The third-order valence-corrected chi connectivity index (χ3v) is 7.07. The minimum Gasteiger partial charge on any atom is -0.452 e. The molecule has 0 radical (unpaired) electrons. The van der Waals surface area contributed by atoms with E-state index in [-0.39, 0.29) is 16.4 Å². The Morgan fingerprint density at radius 3 is 2.39 bits per heavy atom. The number of carbonyl (C=O) groups excluding carboxylic acids is 2. The van der Waals surface area contributed by atoms with Crippen LogP contribution in [0.2, 0.25) is 0 Å². The van der Waals surface area contributed by atoms with Crippen molar-refractivity contribution in [1.29, 1.82) is 5.26 Å². The maximum Gasteiger partial charge on any atom is 0.338 e. The Labute approximate surface area is 164 Å². The zero-order valence-electron chi connectivity index (χ0n) is 15.7. The number of nitrogens with one attached hydrogen (secondary N) is 1. The molecule has 1 heterocycles. The molecule has 0 bridgehead atoms. The van der Waals surface area contributed by atoms with Gasteiger partial charge in [-0.05, 0) is 62.8 Å². The molecule has 0 aromatic heterocycles. The Kier molecular flexibility index (Phi) is 5.72. The van der Waals surface area contributed by atoms with Gasteiger partial charge in [-0.25, -0.2) is 13.2 Å². The minimum absolute atomic E-state index is 0.123. The highest BCUT2D eigenvalue weighted by Crippen LogP contribution is 2.39. The molecule has 1 saturated heterocycles. The second-order valence-corrected chi connectivity index (χ2v) is 9.29. The molecule has 0 unspecified atom stereocenters. The summed E-state index contributed by atoms with van der Waals surface area (Å²) in [5.74, 6) is -1.15. The normalized spacial score (nSPS) is 19.4. The number of ether oxygens (including phenoxy) is 1. The number of benzene rings is 1. The van der Waals surface area contributed by atoms with Crippen LogP contribution in [0, 0.1) is 17.2 Å². The average molecular weight is 405 g/mol. The van der Waals surface area contributed by atoms with Gasteiger partial charge in [0.15, 0.2) is 6.61 Å². The molecule has 1 aliphatic heterocycles. The molecule has 1 atom stereocenters. The van der Waals surface area contributed by atoms with Gasteiger partial charge in [-0.2, -0.15) is 9.57 Å². The number of rotatable bonds is 7. The van der Waals surface area contributed by atoms with Gasteiger partial charge in [0.25, 0.3) is 5.91 Å². The molecule has 1 aromatic carbocycles. The van der Waals surface area contributed by atoms with E-state index in [1.165, 1.54) is 28.6 Å². The summed E-state index contributed by atoms with van der Waals surface area (Å²) in [4.78, 5) is 24.2. The zero-order chi connectivity index (χ0) is 20.4. The molecule has 2 fully saturated rings. The molecular weight excluding hydrogens is 382 g/mol. The molecule has 150 valence electrons. The van der Waals surface area contributed by atoms with E-state index in [1.807, 2.05) is 0 Å². The first kappa shape index (κ1) is 20.3. The van der Waals surface area contributed by atoms with Gasteiger partial charge in [-0.15, -0.1) is 0 Å². The van der Waals surface area contributed by atoms with Crippen molar-refractivity contribution in [3.8, 4) is 6.07 Å². The minimum atomic E-state index is -3.55. The van der Waals surface area contributed by atoms with Crippen LogP contribution in [0.25, 0.3) is 0 Å². The number of hydrogen-bond donors (Lipinski definition) is 1. The summed E-state index contributed by atoms with van der Waals surface area (Å²) in [6.45, 7) is 2.16. The highest BCUT2D eigenvalue weighted by molar-refractivity contribution is 7.89. The lowest BCUT2D eigenvalue weighted by molar-refractivity contribution is -0.125. The molecule has 1 saturated carbocycles. The molecule has 1 aliphatic carbocycles. The van der Waals surface area contributed by atoms with Crippen LogP contribution in [-0.4, -0.2) is 49.8 Å². The van der Waals surface area contributed by atoms with E-state index in [2.05, 4.69) is 11.4 Å². The highest BCUT2D eigenvalue weighted by Gasteiger charge is 2.43. The fraction of sp³-hybridized carbons (Fsp3) is 0.526. The first-order valence-electron chi connectivity index (χ1n) is 9.26. The maximum atomic E-state index is 12.5. The van der Waals surface area contributed by atoms with Crippen molar-refractivity contribution >= 4 is 21.9 Å². The summed E-state index contributed by atoms with van der Waals surface area (Å²) < 4.78 is 31.4. The topological polar surface area (TPSA) is 117 Å². The number of esters is 1. The lowest BCUT2D eigenvalue weighted by atomic mass is 9.98. The summed E-state index contributed by atoms with van der Waals surface area (Å²) in [5, 5.41) is 11.9. The van der Waals surface area contributed by atoms with E-state index in [4.69, 9.17) is 4.74 Å². The van der Waals surface area contributed by atoms with Crippen LogP contribution in [0.3, 0.4) is 0 Å². The van der Waals surface area contributed by atoms with Crippen LogP contribution >= 0.6 is 0 Å². The average Bonchev–Trinajstić information content (AvgIpc) is 3.40. The van der Waals surface area contributed by atoms with Gasteiger partial charge < -0.3 is 10.1 Å². The zero-order valence-corrected chi connectivity index (χ0v) is 16.5. The van der Waals surface area contributed by atoms with Crippen molar-refractivity contribution < 1.29 is 22.7 Å². The molecule has 3 rings (SSSR count). The molecule has 9 heteroatoms. The predicted molar refractivity (Wildman–Crippen MR) is 99.6 cm³/mol. The number of nitriles is 1. The second kappa shape index (κ2) is 7.89. The van der Waals surface area contributed by atoms with Gasteiger partial charge in [0, 0.05) is 13.1 Å². The van der Waals surface area contributed by atoms with Crippen LogP contribution in [0.4, 0.5) is 0 Å². The first-order chi connectivity index (χ1) is 13.3. The number of sulfonamides is 1. The summed E-state index contributed by atoms with van der Waals surface area (Å²) in [7, 11) is -3.55. The van der Waals surface area contributed by atoms with Crippen molar-refractivity contribution in [2.24, 2.45) is 5.92 Å². The summed E-state index contributed by atoms with van der Waals surface area (Å²) in [6, 6.07) is 7.57. The fourth-order valence-corrected chi connectivity index (χ4v) is 4.78. The van der Waals surface area contributed by atoms with E-state index in [9.17, 15) is 23.3 Å². The number of nitrogens with zero attached hydrogens (tertiary/aromatic N) is 2. The smallest absolute Gasteiger partial charge is 0.338 e. The van der Waals surface area contributed by atoms with E-state index in [1.54, 1.807) is 6.92 Å². The Hall–Kier alpha value is -2.44. The monoisotopic (exact) mass is 405 g/mol. The fourth-order valence-electron chi connectivity index (χ4n) is 3.26. The van der Waals surface area contributed by atoms with Crippen molar-refractivity contribution in [1.82, 2.24) is 9.62 Å². The molecule has 1 N–H and O–H groups in total. The quantitative estimate of drug-likeness (QED) is 0.686. The highest BCUT2D eigenvalue weighted by atomic mass is 32.2. The van der Waals surface area contributed by atoms with Crippen molar-refractivity contribution in [3.63, 3.8) is 0 Å². The summed E-state index contributed by atoms with van der Waals surface area (Å²) in [5.41, 5.74) is -0.798. The Morgan fingerprint density at radius 2 is 1.86 bits per heavy atom. The molecule has 2 aliphatic rings. The third kappa shape index (κ3) is 4.34. The van der Waals surface area contributed by atoms with Crippen molar-refractivity contribution in [3.05, 3.63) is 29.8 Å². The maximum absolute atomic E-state index is 12.5. The molecule has 28 heavy (non-hydrogen) atoms. The van der Waals surface area contributed by atoms with Gasteiger partial charge in [0.2, 0.25) is 10.0 Å². The first-order valence-corrected chi connectivity index (χ1v) is 10.7. The van der Waals surface area contributed by atoms with Crippen LogP contribution in [0.1, 0.15) is 43.0 Å². The lowest BCUT2D eigenvalue weighted by Gasteiger charge is -2.22. The lowest BCUT2D eigenvalue weighted by Crippen LogP contribution is -2.48. The second-order valence-electron chi connectivity index (χ2n) is 7.35. The van der Waals surface area contributed by atoms with Gasteiger partial charge in [-0.3, -0.25) is 4.79 Å². The third-order valence-electron chi connectivity index (χ3n) is 5.15. The van der Waals surface area contributed by atoms with Crippen molar-refractivity contribution in [2.75, 3.05) is 19.7 Å². The van der Waals surface area contributed by atoms with Crippen LogP contribution in [-0.2, 0) is 19.6 Å². The molecule has 0 spiro atoms. The summed E-state index contributed by atoms with van der Waals surface area (Å²) in [6.07, 6.45) is 3.46. The SMILES string of the molecule is C[C@@](C#N)(NC(=O)COC(=O)c1ccc(S(=O)(=O)N2CCCC2)cc1)C1CC1. The Balaban J connectivity index is 1.56. The van der Waals surface area contributed by atoms with Gasteiger partial charge >= 0.3 is 5.97 Å². The number of carbonyl (C=O) groups is 2. The predicted octanol–water partition coefficient (Wildman–Crippen LogP) is 1.44. The number of amides is 1. The molecule has 8 nitrogen and oxygen atoms in total. The van der Waals surface area contributed by atoms with Crippen LogP contribution in [0.15, 0.2) is 29.2 Å². The van der Waals surface area contributed by atoms with Gasteiger partial charge in [-0.1, -0.05) is 0 Å². The molecule has 1 aromatic rings. The largest absolute Gasteiger partial charge is 0.452 e. The van der Waals surface area contributed by atoms with E-state index in [0.717, 1.165) is 25.7 Å². The summed E-state index contributed by atoms with van der Waals surface area (Å²) >= 11 is 0. The van der Waals surface area contributed by atoms with Crippen LogP contribution < -0.4 is 5.32 Å². The van der Waals surface area contributed by atoms with Gasteiger partial charge in [0.05, 0.1) is 16.5 Å². The van der Waals surface area contributed by atoms with Gasteiger partial charge in [0.1, 0.15) is 5.54 Å². The Morgan fingerprint density at radius 1 is 1.25 bits per heavy atom. The van der Waals surface area contributed by atoms with E-state index in [0.29, 0.717) is 13.1 Å². The van der Waals surface area contributed by atoms with E-state index >= 15 is 0 Å². The van der Waals surface area contributed by atoms with E-state index < -0.39 is 34.0 Å². The van der Waals surface area contributed by atoms with Crippen molar-refractivity contribution in [2.45, 2.75) is 43.0 Å². The molecular formula is C19H23N3O5S.